The lowest BCUT2D eigenvalue weighted by atomic mass is 10.1. The van der Waals surface area contributed by atoms with Crippen molar-refractivity contribution in [2.45, 2.75) is 12.3 Å². The van der Waals surface area contributed by atoms with Crippen molar-refractivity contribution in [3.8, 4) is 11.5 Å². The van der Waals surface area contributed by atoms with E-state index in [0.29, 0.717) is 35.8 Å². The molecule has 1 aliphatic heterocycles. The van der Waals surface area contributed by atoms with Crippen LogP contribution in [0.25, 0.3) is 11.5 Å². The summed E-state index contributed by atoms with van der Waals surface area (Å²) < 4.78 is 5.93. The molecular weight excluding hydrogens is 328 g/mol. The summed E-state index contributed by atoms with van der Waals surface area (Å²) in [6.07, 6.45) is 1.45. The smallest absolute Gasteiger partial charge is 0.407 e. The maximum atomic E-state index is 10.9. The lowest BCUT2D eigenvalue weighted by Gasteiger charge is -2.09. The quantitative estimate of drug-likeness (QED) is 0.845. The molecule has 0 radical (unpaired) electrons. The number of carbonyl (C=O) groups is 1. The number of rotatable bonds is 2. The topological polar surface area (TPSA) is 92.3 Å². The minimum atomic E-state index is -0.908. The molecule has 20 heavy (non-hydrogen) atoms. The first kappa shape index (κ1) is 13.0. The molecule has 1 unspecified atom stereocenters. The predicted octanol–water partition coefficient (Wildman–Crippen LogP) is 2.36. The van der Waals surface area contributed by atoms with Crippen LogP contribution in [0.15, 0.2) is 27.5 Å². The van der Waals surface area contributed by atoms with E-state index in [1.807, 2.05) is 0 Å². The van der Waals surface area contributed by atoms with Gasteiger partial charge in [-0.3, -0.25) is 0 Å². The highest BCUT2D eigenvalue weighted by Gasteiger charge is 2.30. The summed E-state index contributed by atoms with van der Waals surface area (Å²) in [6, 6.07) is 3.57. The highest BCUT2D eigenvalue weighted by molar-refractivity contribution is 9.10. The number of amides is 1. The number of halogens is 1. The van der Waals surface area contributed by atoms with Gasteiger partial charge in [0.1, 0.15) is 4.60 Å². The monoisotopic (exact) mass is 338 g/mol. The number of pyridine rings is 1. The van der Waals surface area contributed by atoms with E-state index < -0.39 is 6.09 Å². The summed E-state index contributed by atoms with van der Waals surface area (Å²) in [5.41, 5.74) is 0.777. The molecule has 8 heteroatoms. The van der Waals surface area contributed by atoms with Gasteiger partial charge in [0, 0.05) is 30.8 Å². The second-order valence-electron chi connectivity index (χ2n) is 4.54. The molecule has 1 fully saturated rings. The van der Waals surface area contributed by atoms with Crippen molar-refractivity contribution in [2.24, 2.45) is 0 Å². The maximum Gasteiger partial charge on any atom is 0.407 e. The van der Waals surface area contributed by atoms with Crippen LogP contribution in [-0.2, 0) is 0 Å². The van der Waals surface area contributed by atoms with Gasteiger partial charge in [0.05, 0.1) is 0 Å². The molecule has 0 aliphatic carbocycles. The average molecular weight is 339 g/mol. The summed E-state index contributed by atoms with van der Waals surface area (Å²) in [7, 11) is 0. The molecule has 2 aromatic heterocycles. The highest BCUT2D eigenvalue weighted by Crippen LogP contribution is 2.27. The van der Waals surface area contributed by atoms with Gasteiger partial charge in [-0.2, -0.15) is 4.98 Å². The van der Waals surface area contributed by atoms with Gasteiger partial charge < -0.3 is 14.5 Å². The van der Waals surface area contributed by atoms with Crippen molar-refractivity contribution in [1.29, 1.82) is 0 Å². The van der Waals surface area contributed by atoms with Gasteiger partial charge >= 0.3 is 6.09 Å². The van der Waals surface area contributed by atoms with Crippen LogP contribution >= 0.6 is 15.9 Å². The number of aromatic nitrogens is 3. The van der Waals surface area contributed by atoms with Crippen molar-refractivity contribution in [1.82, 2.24) is 20.0 Å². The van der Waals surface area contributed by atoms with Gasteiger partial charge in [0.15, 0.2) is 5.82 Å². The Morgan fingerprint density at radius 2 is 2.40 bits per heavy atom. The highest BCUT2D eigenvalue weighted by atomic mass is 79.9. The van der Waals surface area contributed by atoms with E-state index in [9.17, 15) is 4.79 Å². The molecule has 2 aromatic rings. The minimum Gasteiger partial charge on any atom is -0.465 e. The molecule has 104 valence electrons. The Bertz CT molecular complexity index is 645. The van der Waals surface area contributed by atoms with Gasteiger partial charge in [0.2, 0.25) is 0 Å². The van der Waals surface area contributed by atoms with Crippen LogP contribution < -0.4 is 0 Å². The Labute approximate surface area is 122 Å². The van der Waals surface area contributed by atoms with Crippen LogP contribution in [-0.4, -0.2) is 44.3 Å². The van der Waals surface area contributed by atoms with Crippen molar-refractivity contribution in [3.05, 3.63) is 28.8 Å². The summed E-state index contributed by atoms with van der Waals surface area (Å²) in [4.78, 5) is 20.6. The standard InChI is InChI=1S/C12H11BrN4O3/c13-9-5-7(1-3-14-9)11-15-10(16-20-11)8-2-4-17(6-8)12(18)19/h1,3,5,8H,2,4,6H2,(H,18,19). The van der Waals surface area contributed by atoms with E-state index in [0.717, 1.165) is 5.56 Å². The number of hydrogen-bond donors (Lipinski definition) is 1. The van der Waals surface area contributed by atoms with E-state index in [-0.39, 0.29) is 5.92 Å². The van der Waals surface area contributed by atoms with E-state index in [2.05, 4.69) is 31.1 Å². The van der Waals surface area contributed by atoms with Crippen molar-refractivity contribution in [3.63, 3.8) is 0 Å². The zero-order chi connectivity index (χ0) is 14.1. The van der Waals surface area contributed by atoms with Gasteiger partial charge in [-0.05, 0) is 34.5 Å². The Morgan fingerprint density at radius 1 is 1.55 bits per heavy atom. The van der Waals surface area contributed by atoms with Crippen LogP contribution in [0.1, 0.15) is 18.2 Å². The van der Waals surface area contributed by atoms with Crippen LogP contribution in [0.5, 0.6) is 0 Å². The Balaban J connectivity index is 1.79. The minimum absolute atomic E-state index is 0.00567. The number of nitrogens with zero attached hydrogens (tertiary/aromatic N) is 4. The van der Waals surface area contributed by atoms with E-state index in [1.165, 1.54) is 4.90 Å². The third-order valence-corrected chi connectivity index (χ3v) is 3.67. The molecule has 1 saturated heterocycles. The number of hydrogen-bond acceptors (Lipinski definition) is 5. The van der Waals surface area contributed by atoms with Crippen molar-refractivity contribution >= 4 is 22.0 Å². The molecule has 7 nitrogen and oxygen atoms in total. The molecule has 0 bridgehead atoms. The Hall–Kier alpha value is -1.96. The fraction of sp³-hybridized carbons (Fsp3) is 0.333. The summed E-state index contributed by atoms with van der Waals surface area (Å²) in [5.74, 6) is 0.961. The third-order valence-electron chi connectivity index (χ3n) is 3.24. The third kappa shape index (κ3) is 2.51. The van der Waals surface area contributed by atoms with Crippen molar-refractivity contribution < 1.29 is 14.4 Å². The van der Waals surface area contributed by atoms with Crippen LogP contribution in [0.2, 0.25) is 0 Å². The molecule has 0 saturated carbocycles. The van der Waals surface area contributed by atoms with E-state index >= 15 is 0 Å². The predicted molar refractivity (Wildman–Crippen MR) is 72.2 cm³/mol. The zero-order valence-electron chi connectivity index (χ0n) is 10.4. The van der Waals surface area contributed by atoms with E-state index in [4.69, 9.17) is 9.63 Å². The molecule has 0 spiro atoms. The summed E-state index contributed by atoms with van der Waals surface area (Å²) in [6.45, 7) is 0.916. The Kier molecular flexibility index (Phi) is 3.39. The van der Waals surface area contributed by atoms with Gasteiger partial charge in [-0.15, -0.1) is 0 Å². The fourth-order valence-electron chi connectivity index (χ4n) is 2.20. The SMILES string of the molecule is O=C(O)N1CCC(c2noc(-c3ccnc(Br)c3)n2)C1. The van der Waals surface area contributed by atoms with Gasteiger partial charge in [-0.1, -0.05) is 5.16 Å². The largest absolute Gasteiger partial charge is 0.465 e. The van der Waals surface area contributed by atoms with Crippen LogP contribution in [0.3, 0.4) is 0 Å². The second kappa shape index (κ2) is 5.20. The fourth-order valence-corrected chi connectivity index (χ4v) is 2.56. The molecule has 3 heterocycles. The molecule has 3 rings (SSSR count). The molecule has 1 amide bonds. The maximum absolute atomic E-state index is 10.9. The molecule has 0 aromatic carbocycles. The average Bonchev–Trinajstić information content (AvgIpc) is 3.08. The van der Waals surface area contributed by atoms with Gasteiger partial charge in [-0.25, -0.2) is 9.78 Å². The molecule has 1 atom stereocenters. The van der Waals surface area contributed by atoms with Crippen molar-refractivity contribution in [2.75, 3.05) is 13.1 Å². The second-order valence-corrected chi connectivity index (χ2v) is 5.35. The first-order chi connectivity index (χ1) is 9.63. The first-order valence-corrected chi connectivity index (χ1v) is 6.86. The summed E-state index contributed by atoms with van der Waals surface area (Å²) >= 11 is 3.28. The number of likely N-dealkylation sites (tertiary alicyclic amines) is 1. The van der Waals surface area contributed by atoms with E-state index in [1.54, 1.807) is 18.3 Å². The lowest BCUT2D eigenvalue weighted by molar-refractivity contribution is 0.155. The van der Waals surface area contributed by atoms with Crippen LogP contribution in [0, 0.1) is 0 Å². The normalized spacial score (nSPS) is 18.4. The molecular formula is C12H11BrN4O3. The first-order valence-electron chi connectivity index (χ1n) is 6.07. The van der Waals surface area contributed by atoms with Crippen LogP contribution in [0.4, 0.5) is 4.79 Å². The molecule has 1 aliphatic rings. The van der Waals surface area contributed by atoms with Gasteiger partial charge in [0.25, 0.3) is 5.89 Å². The zero-order valence-corrected chi connectivity index (χ0v) is 11.9. The summed E-state index contributed by atoms with van der Waals surface area (Å²) in [5, 5.41) is 12.9. The lowest BCUT2D eigenvalue weighted by Crippen LogP contribution is -2.26. The Morgan fingerprint density at radius 3 is 3.10 bits per heavy atom. The number of carboxylic acid groups (broad SMARTS) is 1. The molecule has 1 N–H and O–H groups in total.